The Balaban J connectivity index is 1.75. The highest BCUT2D eigenvalue weighted by Crippen LogP contribution is 2.63. The average molecular weight is 510 g/mol. The quantitative estimate of drug-likeness (QED) is 0.298. The fraction of sp³-hybridized carbons (Fsp3) is 0.667. The van der Waals surface area contributed by atoms with Crippen LogP contribution in [-0.4, -0.2) is 30.1 Å². The molecule has 1 heterocycles. The lowest BCUT2D eigenvalue weighted by Crippen LogP contribution is -2.60. The van der Waals surface area contributed by atoms with Gasteiger partial charge in [-0.1, -0.05) is 45.9 Å². The first-order valence-electron chi connectivity index (χ1n) is 10.7. The maximum Gasteiger partial charge on any atom is 0.316 e. The molecule has 0 N–H and O–H groups in total. The van der Waals surface area contributed by atoms with Crippen LogP contribution >= 0.6 is 22.6 Å². The van der Waals surface area contributed by atoms with E-state index in [1.54, 1.807) is 12.2 Å². The number of ether oxygens (including phenoxy) is 2. The fourth-order valence-corrected chi connectivity index (χ4v) is 7.73. The summed E-state index contributed by atoms with van der Waals surface area (Å²) >= 11 is 2.42. The second-order valence-corrected chi connectivity index (χ2v) is 10.9. The molecule has 4 aliphatic rings. The molecule has 4 rings (SSSR count). The Bertz CT molecular complexity index is 840. The van der Waals surface area contributed by atoms with Crippen molar-refractivity contribution in [1.82, 2.24) is 0 Å². The number of esters is 1. The van der Waals surface area contributed by atoms with Crippen molar-refractivity contribution in [1.29, 1.82) is 0 Å². The third-order valence-corrected chi connectivity index (χ3v) is 9.32. The van der Waals surface area contributed by atoms with Crippen molar-refractivity contribution in [3.05, 3.63) is 33.5 Å². The number of hydrogen-bond donors (Lipinski definition) is 0. The molecule has 7 atom stereocenters. The van der Waals surface area contributed by atoms with E-state index in [2.05, 4.69) is 49.9 Å². The molecule has 0 unspecified atom stereocenters. The molecule has 0 bridgehead atoms. The second kappa shape index (κ2) is 7.04. The minimum Gasteiger partial charge on any atom is -0.458 e. The van der Waals surface area contributed by atoms with Crippen molar-refractivity contribution in [2.75, 3.05) is 0 Å². The maximum absolute atomic E-state index is 13.1. The Morgan fingerprint density at radius 3 is 2.62 bits per heavy atom. The van der Waals surface area contributed by atoms with Crippen LogP contribution in [0.25, 0.3) is 0 Å². The van der Waals surface area contributed by atoms with Crippen LogP contribution in [0.2, 0.25) is 0 Å². The van der Waals surface area contributed by atoms with Gasteiger partial charge in [0.2, 0.25) is 0 Å². The Hall–Kier alpha value is -0.950. The van der Waals surface area contributed by atoms with Crippen LogP contribution in [0.5, 0.6) is 0 Å². The SMILES string of the molecule is C=C1[C@H](O[C@H]2CCC(C(C)C)=C2I)[C@@H]2OC(=O)[C@]3(C)C=CC(=O)[C@@](C)([C@@H]23)[C@H]1CC. The molecule has 29 heavy (non-hydrogen) atoms. The van der Waals surface area contributed by atoms with E-state index in [1.165, 1.54) is 9.15 Å². The van der Waals surface area contributed by atoms with E-state index in [0.717, 1.165) is 24.8 Å². The van der Waals surface area contributed by atoms with Crippen molar-refractivity contribution in [3.8, 4) is 0 Å². The van der Waals surface area contributed by atoms with Crippen LogP contribution in [0.4, 0.5) is 0 Å². The zero-order valence-electron chi connectivity index (χ0n) is 18.0. The van der Waals surface area contributed by atoms with E-state index in [4.69, 9.17) is 9.47 Å². The molecule has 0 amide bonds. The van der Waals surface area contributed by atoms with Crippen molar-refractivity contribution in [3.63, 3.8) is 0 Å². The first-order valence-corrected chi connectivity index (χ1v) is 11.8. The number of rotatable bonds is 4. The number of carbonyl (C=O) groups is 2. The molecule has 0 aromatic carbocycles. The van der Waals surface area contributed by atoms with E-state index in [0.29, 0.717) is 5.92 Å². The fourth-order valence-electron chi connectivity index (χ4n) is 6.38. The summed E-state index contributed by atoms with van der Waals surface area (Å²) in [6, 6.07) is 0. The van der Waals surface area contributed by atoms with Gasteiger partial charge in [-0.3, -0.25) is 9.59 Å². The van der Waals surface area contributed by atoms with Gasteiger partial charge in [0, 0.05) is 14.9 Å². The highest BCUT2D eigenvalue weighted by Gasteiger charge is 2.70. The summed E-state index contributed by atoms with van der Waals surface area (Å²) in [6.07, 6.45) is 5.31. The predicted octanol–water partition coefficient (Wildman–Crippen LogP) is 5.17. The minimum absolute atomic E-state index is 0.0111. The highest BCUT2D eigenvalue weighted by molar-refractivity contribution is 14.1. The van der Waals surface area contributed by atoms with Crippen LogP contribution in [-0.2, 0) is 19.1 Å². The molecular formula is C24H31IO4. The summed E-state index contributed by atoms with van der Waals surface area (Å²) in [7, 11) is 0. The Morgan fingerprint density at radius 1 is 1.34 bits per heavy atom. The molecule has 5 heteroatoms. The van der Waals surface area contributed by atoms with Crippen molar-refractivity contribution in [2.24, 2.45) is 28.6 Å². The zero-order valence-corrected chi connectivity index (χ0v) is 20.1. The van der Waals surface area contributed by atoms with E-state index in [1.807, 2.05) is 13.8 Å². The zero-order chi connectivity index (χ0) is 21.3. The number of carbonyl (C=O) groups excluding carboxylic acids is 2. The molecule has 1 aliphatic heterocycles. The predicted molar refractivity (Wildman–Crippen MR) is 120 cm³/mol. The number of allylic oxidation sites excluding steroid dienone is 2. The highest BCUT2D eigenvalue weighted by atomic mass is 127. The van der Waals surface area contributed by atoms with Gasteiger partial charge in [0.15, 0.2) is 5.78 Å². The normalized spacial score (nSPS) is 44.0. The maximum atomic E-state index is 13.1. The van der Waals surface area contributed by atoms with Crippen molar-refractivity contribution < 1.29 is 19.1 Å². The third-order valence-electron chi connectivity index (χ3n) is 7.93. The molecule has 0 spiro atoms. The van der Waals surface area contributed by atoms with Gasteiger partial charge in [0.05, 0.1) is 11.5 Å². The molecule has 158 valence electrons. The molecule has 2 fully saturated rings. The summed E-state index contributed by atoms with van der Waals surface area (Å²) in [5.74, 6) is 0.0680. The largest absolute Gasteiger partial charge is 0.458 e. The Morgan fingerprint density at radius 2 is 2.03 bits per heavy atom. The van der Waals surface area contributed by atoms with Gasteiger partial charge in [-0.25, -0.2) is 0 Å². The molecule has 3 aliphatic carbocycles. The van der Waals surface area contributed by atoms with E-state index in [-0.39, 0.29) is 35.8 Å². The summed E-state index contributed by atoms with van der Waals surface area (Å²) in [4.78, 5) is 26.0. The first kappa shape index (κ1) is 21.3. The van der Waals surface area contributed by atoms with Gasteiger partial charge in [-0.2, -0.15) is 0 Å². The topological polar surface area (TPSA) is 52.6 Å². The van der Waals surface area contributed by atoms with Crippen LogP contribution in [0, 0.1) is 28.6 Å². The van der Waals surface area contributed by atoms with Gasteiger partial charge in [0.1, 0.15) is 12.2 Å². The summed E-state index contributed by atoms with van der Waals surface area (Å²) in [5.41, 5.74) is 0.885. The summed E-state index contributed by atoms with van der Waals surface area (Å²) in [6.45, 7) is 14.8. The Labute approximate surface area is 187 Å². The molecule has 1 saturated heterocycles. The summed E-state index contributed by atoms with van der Waals surface area (Å²) < 4.78 is 13.9. The number of halogens is 1. The van der Waals surface area contributed by atoms with E-state index >= 15 is 0 Å². The summed E-state index contributed by atoms with van der Waals surface area (Å²) in [5, 5.41) is 0. The van der Waals surface area contributed by atoms with Gasteiger partial charge in [-0.05, 0) is 72.3 Å². The van der Waals surface area contributed by atoms with E-state index < -0.39 is 16.9 Å². The second-order valence-electron chi connectivity index (χ2n) is 9.76. The third kappa shape index (κ3) is 2.79. The lowest BCUT2D eigenvalue weighted by atomic mass is 9.48. The molecule has 0 aromatic rings. The van der Waals surface area contributed by atoms with Crippen LogP contribution < -0.4 is 0 Å². The number of hydrogen-bond acceptors (Lipinski definition) is 4. The average Bonchev–Trinajstić information content (AvgIpc) is 3.15. The van der Waals surface area contributed by atoms with Gasteiger partial charge in [-0.15, -0.1) is 0 Å². The minimum atomic E-state index is -0.787. The van der Waals surface area contributed by atoms with Crippen LogP contribution in [0.15, 0.2) is 33.5 Å². The van der Waals surface area contributed by atoms with Crippen LogP contribution in [0.3, 0.4) is 0 Å². The van der Waals surface area contributed by atoms with Crippen molar-refractivity contribution in [2.45, 2.75) is 72.2 Å². The van der Waals surface area contributed by atoms with E-state index in [9.17, 15) is 9.59 Å². The first-order chi connectivity index (χ1) is 13.6. The molecule has 4 nitrogen and oxygen atoms in total. The van der Waals surface area contributed by atoms with Crippen molar-refractivity contribution >= 4 is 34.3 Å². The van der Waals surface area contributed by atoms with Crippen LogP contribution in [0.1, 0.15) is 53.9 Å². The molecular weight excluding hydrogens is 479 g/mol. The van der Waals surface area contributed by atoms with Gasteiger partial charge >= 0.3 is 5.97 Å². The smallest absolute Gasteiger partial charge is 0.316 e. The Kier molecular flexibility index (Phi) is 5.17. The lowest BCUT2D eigenvalue weighted by Gasteiger charge is -2.54. The monoisotopic (exact) mass is 510 g/mol. The lowest BCUT2D eigenvalue weighted by molar-refractivity contribution is -0.157. The van der Waals surface area contributed by atoms with Gasteiger partial charge in [0.25, 0.3) is 0 Å². The molecule has 1 saturated carbocycles. The standard InChI is InChI=1S/C24H31IO4/c1-7-15-13(4)19(28-16-9-8-14(12(2)3)18(16)25)20-21-23(5,22(27)29-20)11-10-17(26)24(15,21)6/h10-12,15-16,19-21H,4,7-9H2,1-3,5-6H3/t15-,16-,19-,20-,21-,23+,24-/m0/s1. The molecule has 0 aromatic heterocycles. The van der Waals surface area contributed by atoms with Gasteiger partial charge < -0.3 is 9.47 Å². The number of ketones is 1. The molecule has 0 radical (unpaired) electrons.